The van der Waals surface area contributed by atoms with Crippen molar-refractivity contribution in [3.63, 3.8) is 0 Å². The predicted molar refractivity (Wildman–Crippen MR) is 118 cm³/mol. The Morgan fingerprint density at radius 3 is 2.37 bits per heavy atom. The highest BCUT2D eigenvalue weighted by Gasteiger charge is 2.16. The lowest BCUT2D eigenvalue weighted by Gasteiger charge is -2.14. The number of benzene rings is 3. The van der Waals surface area contributed by atoms with Gasteiger partial charge in [-0.1, -0.05) is 73.7 Å². The number of aliphatic carboxylic acids is 1. The van der Waals surface area contributed by atoms with Crippen molar-refractivity contribution in [2.45, 2.75) is 12.8 Å². The van der Waals surface area contributed by atoms with Crippen molar-refractivity contribution in [1.82, 2.24) is 0 Å². The zero-order chi connectivity index (χ0) is 20.9. The summed E-state index contributed by atoms with van der Waals surface area (Å²) in [5, 5.41) is 8.83. The zero-order valence-electron chi connectivity index (χ0n) is 16.6. The van der Waals surface area contributed by atoms with Gasteiger partial charge in [-0.3, -0.25) is 0 Å². The summed E-state index contributed by atoms with van der Waals surface area (Å²) in [6, 6.07) is 24.2. The summed E-state index contributed by atoms with van der Waals surface area (Å²) in [5.41, 5.74) is 5.23. The summed E-state index contributed by atoms with van der Waals surface area (Å²) in [4.78, 5) is 10.8. The molecule has 0 fully saturated rings. The minimum Gasteiger partial charge on any atom is -0.478 e. The molecule has 1 unspecified atom stereocenters. The molecule has 0 bridgehead atoms. The van der Waals surface area contributed by atoms with Crippen LogP contribution in [0.4, 0.5) is 0 Å². The Bertz CT molecular complexity index is 1100. The van der Waals surface area contributed by atoms with Crippen LogP contribution in [0.25, 0.3) is 11.6 Å². The van der Waals surface area contributed by atoms with Crippen LogP contribution in [-0.4, -0.2) is 17.9 Å². The minimum absolute atomic E-state index is 0.207. The van der Waals surface area contributed by atoms with E-state index in [0.29, 0.717) is 0 Å². The first-order valence-corrected chi connectivity index (χ1v) is 9.78. The number of carboxylic acid groups (broad SMARTS) is 1. The molecule has 4 rings (SSSR count). The molecule has 3 aromatic rings. The predicted octanol–water partition coefficient (Wildman–Crippen LogP) is 5.75. The SMILES string of the molecule is CC(/C=C(\c1ccc(/C=C/C(=O)O)cc1)c1ccc2c(c1)OCO2)c1ccccc1. The fourth-order valence-corrected chi connectivity index (χ4v) is 3.47. The number of hydrogen-bond donors (Lipinski definition) is 1. The minimum atomic E-state index is -0.961. The van der Waals surface area contributed by atoms with Crippen molar-refractivity contribution < 1.29 is 19.4 Å². The largest absolute Gasteiger partial charge is 0.478 e. The van der Waals surface area contributed by atoms with Gasteiger partial charge in [0, 0.05) is 6.08 Å². The van der Waals surface area contributed by atoms with Gasteiger partial charge in [0.05, 0.1) is 0 Å². The first-order valence-electron chi connectivity index (χ1n) is 9.78. The third kappa shape index (κ3) is 4.44. The smallest absolute Gasteiger partial charge is 0.328 e. The summed E-state index contributed by atoms with van der Waals surface area (Å²) in [6.07, 6.45) is 4.97. The fourth-order valence-electron chi connectivity index (χ4n) is 3.47. The topological polar surface area (TPSA) is 55.8 Å². The van der Waals surface area contributed by atoms with Gasteiger partial charge in [-0.2, -0.15) is 0 Å². The molecule has 0 aliphatic carbocycles. The molecule has 0 amide bonds. The van der Waals surface area contributed by atoms with Crippen LogP contribution in [-0.2, 0) is 4.79 Å². The van der Waals surface area contributed by atoms with Crippen LogP contribution >= 0.6 is 0 Å². The highest BCUT2D eigenvalue weighted by molar-refractivity contribution is 5.86. The lowest BCUT2D eigenvalue weighted by molar-refractivity contribution is -0.131. The standard InChI is InChI=1S/C26H22O4/c1-18(20-5-3-2-4-6-20)15-23(22-12-13-24-25(16-22)30-17-29-24)21-10-7-19(8-11-21)9-14-26(27)28/h2-16,18H,17H2,1H3,(H,27,28)/b14-9+,23-15+. The Balaban J connectivity index is 1.74. The molecule has 4 heteroatoms. The summed E-state index contributed by atoms with van der Waals surface area (Å²) >= 11 is 0. The van der Waals surface area contributed by atoms with Crippen LogP contribution < -0.4 is 9.47 Å². The lowest BCUT2D eigenvalue weighted by atomic mass is 9.91. The Morgan fingerprint density at radius 1 is 0.933 bits per heavy atom. The Labute approximate surface area is 175 Å². The second-order valence-electron chi connectivity index (χ2n) is 7.14. The number of carbonyl (C=O) groups is 1. The highest BCUT2D eigenvalue weighted by Crippen LogP contribution is 2.37. The third-order valence-corrected chi connectivity index (χ3v) is 5.07. The van der Waals surface area contributed by atoms with Gasteiger partial charge < -0.3 is 14.6 Å². The fraction of sp³-hybridized carbons (Fsp3) is 0.115. The van der Waals surface area contributed by atoms with E-state index in [4.69, 9.17) is 14.6 Å². The molecule has 150 valence electrons. The Morgan fingerprint density at radius 2 is 1.63 bits per heavy atom. The summed E-state index contributed by atoms with van der Waals surface area (Å²) in [5.74, 6) is 0.741. The van der Waals surface area contributed by atoms with Gasteiger partial charge in [0.2, 0.25) is 6.79 Å². The van der Waals surface area contributed by atoms with Crippen LogP contribution in [0.2, 0.25) is 0 Å². The highest BCUT2D eigenvalue weighted by atomic mass is 16.7. The molecule has 3 aromatic carbocycles. The Kier molecular flexibility index (Phi) is 5.66. The van der Waals surface area contributed by atoms with E-state index >= 15 is 0 Å². The molecule has 4 nitrogen and oxygen atoms in total. The monoisotopic (exact) mass is 398 g/mol. The van der Waals surface area contributed by atoms with E-state index < -0.39 is 5.97 Å². The summed E-state index contributed by atoms with van der Waals surface area (Å²) in [7, 11) is 0. The molecular weight excluding hydrogens is 376 g/mol. The molecule has 0 spiro atoms. The number of allylic oxidation sites excluding steroid dienone is 1. The Hall–Kier alpha value is -3.79. The average Bonchev–Trinajstić information content (AvgIpc) is 3.25. The van der Waals surface area contributed by atoms with Gasteiger partial charge in [-0.25, -0.2) is 4.79 Å². The van der Waals surface area contributed by atoms with Crippen LogP contribution in [0.3, 0.4) is 0 Å². The van der Waals surface area contributed by atoms with E-state index in [1.54, 1.807) is 6.08 Å². The quantitative estimate of drug-likeness (QED) is 0.537. The number of fused-ring (bicyclic) bond motifs is 1. The molecule has 1 aliphatic heterocycles. The number of hydrogen-bond acceptors (Lipinski definition) is 3. The molecule has 1 N–H and O–H groups in total. The van der Waals surface area contributed by atoms with Gasteiger partial charge in [-0.05, 0) is 52.0 Å². The second-order valence-corrected chi connectivity index (χ2v) is 7.14. The van der Waals surface area contributed by atoms with Crippen LogP contribution in [0.15, 0.2) is 84.9 Å². The first kappa shape index (κ1) is 19.5. The van der Waals surface area contributed by atoms with Gasteiger partial charge in [0.25, 0.3) is 0 Å². The molecule has 0 aromatic heterocycles. The molecular formula is C26H22O4. The van der Waals surface area contributed by atoms with Crippen molar-refractivity contribution in [2.75, 3.05) is 6.79 Å². The van der Waals surface area contributed by atoms with Crippen molar-refractivity contribution in [3.05, 3.63) is 107 Å². The number of ether oxygens (including phenoxy) is 2. The van der Waals surface area contributed by atoms with E-state index in [0.717, 1.165) is 39.8 Å². The lowest BCUT2D eigenvalue weighted by Crippen LogP contribution is -1.95. The van der Waals surface area contributed by atoms with Crippen molar-refractivity contribution in [2.24, 2.45) is 0 Å². The molecule has 0 radical (unpaired) electrons. The van der Waals surface area contributed by atoms with Crippen molar-refractivity contribution >= 4 is 17.6 Å². The normalized spacial score (nSPS) is 14.1. The first-order chi connectivity index (χ1) is 14.6. The summed E-state index contributed by atoms with van der Waals surface area (Å²) in [6.45, 7) is 2.41. The van der Waals surface area contributed by atoms with Crippen LogP contribution in [0.5, 0.6) is 11.5 Å². The van der Waals surface area contributed by atoms with Gasteiger partial charge >= 0.3 is 5.97 Å². The number of carboxylic acids is 1. The second kappa shape index (κ2) is 8.70. The zero-order valence-corrected chi connectivity index (χ0v) is 16.6. The molecule has 1 aliphatic rings. The van der Waals surface area contributed by atoms with E-state index in [2.05, 4.69) is 25.1 Å². The maximum atomic E-state index is 10.8. The van der Waals surface area contributed by atoms with E-state index in [1.165, 1.54) is 5.56 Å². The van der Waals surface area contributed by atoms with E-state index in [-0.39, 0.29) is 12.7 Å². The van der Waals surface area contributed by atoms with E-state index in [9.17, 15) is 4.79 Å². The average molecular weight is 398 g/mol. The molecule has 1 heterocycles. The van der Waals surface area contributed by atoms with Gasteiger partial charge in [-0.15, -0.1) is 0 Å². The molecule has 0 saturated carbocycles. The van der Waals surface area contributed by atoms with Crippen LogP contribution in [0.1, 0.15) is 35.1 Å². The van der Waals surface area contributed by atoms with Crippen LogP contribution in [0, 0.1) is 0 Å². The third-order valence-electron chi connectivity index (χ3n) is 5.07. The molecule has 30 heavy (non-hydrogen) atoms. The molecule has 0 saturated heterocycles. The number of rotatable bonds is 6. The van der Waals surface area contributed by atoms with Gasteiger partial charge in [0.1, 0.15) is 0 Å². The van der Waals surface area contributed by atoms with Crippen molar-refractivity contribution in [1.29, 1.82) is 0 Å². The maximum absolute atomic E-state index is 10.8. The maximum Gasteiger partial charge on any atom is 0.328 e. The van der Waals surface area contributed by atoms with E-state index in [1.807, 2.05) is 60.7 Å². The summed E-state index contributed by atoms with van der Waals surface area (Å²) < 4.78 is 11.0. The van der Waals surface area contributed by atoms with Gasteiger partial charge in [0.15, 0.2) is 11.5 Å². The van der Waals surface area contributed by atoms with Crippen molar-refractivity contribution in [3.8, 4) is 11.5 Å². The molecule has 1 atom stereocenters.